The van der Waals surface area contributed by atoms with Crippen LogP contribution in [0.25, 0.3) is 10.8 Å². The summed E-state index contributed by atoms with van der Waals surface area (Å²) in [6.07, 6.45) is 5.31. The Hall–Kier alpha value is -4.26. The van der Waals surface area contributed by atoms with Gasteiger partial charge in [-0.05, 0) is 76.7 Å². The van der Waals surface area contributed by atoms with Crippen LogP contribution in [-0.2, 0) is 16.6 Å². The van der Waals surface area contributed by atoms with Crippen molar-refractivity contribution < 1.29 is 23.8 Å². The standard InChI is InChI=1S/C34H35FN2O4/c1-34(2,3)24-11-16-26(17-12-24)41-27-15-10-23-19-30(36-29(28(23)20-27)18-21-6-4-5-7-21)32(38)37-31(33(39)40)22-8-13-25(35)14-9-22/h8-17,19-21,31H,4-7,18H2,1-3H3,(H,37,38)(H,39,40). The van der Waals surface area contributed by atoms with Gasteiger partial charge in [-0.15, -0.1) is 0 Å². The lowest BCUT2D eigenvalue weighted by atomic mass is 9.87. The van der Waals surface area contributed by atoms with E-state index in [1.807, 2.05) is 30.3 Å². The second kappa shape index (κ2) is 11.7. The molecular formula is C34H35FN2O4. The van der Waals surface area contributed by atoms with Crippen molar-refractivity contribution in [1.29, 1.82) is 0 Å². The number of ether oxygens (including phenoxy) is 1. The second-order valence-corrected chi connectivity index (χ2v) is 11.9. The minimum Gasteiger partial charge on any atom is -0.479 e. The summed E-state index contributed by atoms with van der Waals surface area (Å²) in [5.41, 5.74) is 2.49. The first-order valence-electron chi connectivity index (χ1n) is 14.1. The van der Waals surface area contributed by atoms with Gasteiger partial charge in [-0.2, -0.15) is 0 Å². The SMILES string of the molecule is CC(C)(C)c1ccc(Oc2ccc3cc(C(=O)NC(C(=O)O)c4ccc(F)cc4)nc(CC4CCCC4)c3c2)cc1. The molecule has 1 aliphatic carbocycles. The number of carbonyl (C=O) groups excluding carboxylic acids is 1. The molecule has 1 saturated carbocycles. The Kier molecular flexibility index (Phi) is 8.06. The lowest BCUT2D eigenvalue weighted by Crippen LogP contribution is -2.34. The molecule has 1 fully saturated rings. The lowest BCUT2D eigenvalue weighted by molar-refractivity contribution is -0.139. The summed E-state index contributed by atoms with van der Waals surface area (Å²) in [6.45, 7) is 6.51. The summed E-state index contributed by atoms with van der Waals surface area (Å²) in [5, 5.41) is 14.1. The number of carbonyl (C=O) groups is 2. The highest BCUT2D eigenvalue weighted by Gasteiger charge is 2.25. The average Bonchev–Trinajstić information content (AvgIpc) is 3.45. The van der Waals surface area contributed by atoms with Crippen molar-refractivity contribution in [2.24, 2.45) is 5.92 Å². The minimum absolute atomic E-state index is 0.0514. The molecule has 1 unspecified atom stereocenters. The largest absolute Gasteiger partial charge is 0.479 e. The van der Waals surface area contributed by atoms with Crippen LogP contribution < -0.4 is 10.1 Å². The number of carboxylic acid groups (broad SMARTS) is 1. The van der Waals surface area contributed by atoms with Crippen LogP contribution in [0.2, 0.25) is 0 Å². The van der Waals surface area contributed by atoms with E-state index in [9.17, 15) is 19.1 Å². The number of fused-ring (bicyclic) bond motifs is 1. The summed E-state index contributed by atoms with van der Waals surface area (Å²) < 4.78 is 19.6. The number of amides is 1. The van der Waals surface area contributed by atoms with Gasteiger partial charge in [0.05, 0.1) is 0 Å². The fourth-order valence-corrected chi connectivity index (χ4v) is 5.43. The van der Waals surface area contributed by atoms with Crippen molar-refractivity contribution in [2.75, 3.05) is 0 Å². The zero-order valence-electron chi connectivity index (χ0n) is 23.6. The molecule has 1 aliphatic rings. The fraction of sp³-hybridized carbons (Fsp3) is 0.324. The number of rotatable bonds is 8. The zero-order chi connectivity index (χ0) is 29.1. The van der Waals surface area contributed by atoms with Crippen LogP contribution in [-0.4, -0.2) is 22.0 Å². The van der Waals surface area contributed by atoms with Crippen molar-refractivity contribution in [3.05, 3.63) is 101 Å². The van der Waals surface area contributed by atoms with Crippen molar-refractivity contribution in [1.82, 2.24) is 10.3 Å². The van der Waals surface area contributed by atoms with Crippen LogP contribution in [0.5, 0.6) is 11.5 Å². The molecule has 7 heteroatoms. The monoisotopic (exact) mass is 554 g/mol. The number of carboxylic acids is 1. The van der Waals surface area contributed by atoms with Crippen molar-refractivity contribution in [3.8, 4) is 11.5 Å². The molecular weight excluding hydrogens is 519 g/mol. The highest BCUT2D eigenvalue weighted by Crippen LogP contribution is 2.33. The smallest absolute Gasteiger partial charge is 0.330 e. The molecule has 212 valence electrons. The Morgan fingerprint density at radius 1 is 0.976 bits per heavy atom. The Morgan fingerprint density at radius 2 is 1.63 bits per heavy atom. The van der Waals surface area contributed by atoms with Gasteiger partial charge in [0, 0.05) is 11.1 Å². The third-order valence-corrected chi connectivity index (χ3v) is 7.75. The molecule has 1 atom stereocenters. The van der Waals surface area contributed by atoms with Crippen molar-refractivity contribution >= 4 is 22.6 Å². The molecule has 0 bridgehead atoms. The van der Waals surface area contributed by atoms with Crippen molar-refractivity contribution in [2.45, 2.75) is 64.3 Å². The Morgan fingerprint density at radius 3 is 2.27 bits per heavy atom. The van der Waals surface area contributed by atoms with Gasteiger partial charge in [0.2, 0.25) is 0 Å². The highest BCUT2D eigenvalue weighted by atomic mass is 19.1. The molecule has 0 saturated heterocycles. The second-order valence-electron chi connectivity index (χ2n) is 11.9. The van der Waals surface area contributed by atoms with Gasteiger partial charge in [0.1, 0.15) is 23.0 Å². The summed E-state index contributed by atoms with van der Waals surface area (Å²) in [4.78, 5) is 30.0. The Bertz CT molecular complexity index is 1550. The first-order chi connectivity index (χ1) is 19.6. The Labute approximate surface area is 239 Å². The molecule has 6 nitrogen and oxygen atoms in total. The molecule has 2 N–H and O–H groups in total. The molecule has 0 aliphatic heterocycles. The number of benzene rings is 3. The maximum atomic E-state index is 13.4. The molecule has 41 heavy (non-hydrogen) atoms. The number of nitrogens with zero attached hydrogens (tertiary/aromatic N) is 1. The minimum atomic E-state index is -1.33. The molecule has 1 heterocycles. The fourth-order valence-electron chi connectivity index (χ4n) is 5.43. The van der Waals surface area contributed by atoms with E-state index in [2.05, 4.69) is 38.2 Å². The normalized spacial score (nSPS) is 14.6. The third-order valence-electron chi connectivity index (χ3n) is 7.75. The first kappa shape index (κ1) is 28.3. The van der Waals surface area contributed by atoms with Gasteiger partial charge in [-0.25, -0.2) is 14.2 Å². The number of halogens is 1. The Balaban J connectivity index is 1.45. The van der Waals surface area contributed by atoms with Gasteiger partial charge >= 0.3 is 5.97 Å². The predicted molar refractivity (Wildman–Crippen MR) is 157 cm³/mol. The number of hydrogen-bond acceptors (Lipinski definition) is 4. The average molecular weight is 555 g/mol. The van der Waals surface area contributed by atoms with Crippen molar-refractivity contribution in [3.63, 3.8) is 0 Å². The van der Waals surface area contributed by atoms with Crippen LogP contribution in [0.1, 0.15) is 79.8 Å². The van der Waals surface area contributed by atoms with E-state index in [4.69, 9.17) is 9.72 Å². The molecule has 0 radical (unpaired) electrons. The van der Waals surface area contributed by atoms with Crippen LogP contribution in [0, 0.1) is 11.7 Å². The summed E-state index contributed by atoms with van der Waals surface area (Å²) in [7, 11) is 0. The number of hydrogen-bond donors (Lipinski definition) is 2. The number of pyridine rings is 1. The first-order valence-corrected chi connectivity index (χ1v) is 14.1. The van der Waals surface area contributed by atoms with E-state index in [-0.39, 0.29) is 16.7 Å². The molecule has 1 aromatic heterocycles. The van der Waals surface area contributed by atoms with Crippen LogP contribution >= 0.6 is 0 Å². The molecule has 0 spiro atoms. The number of aromatic nitrogens is 1. The molecule has 3 aromatic carbocycles. The van der Waals surface area contributed by atoms with E-state index in [0.717, 1.165) is 41.5 Å². The van der Waals surface area contributed by atoms with Gasteiger partial charge in [0.15, 0.2) is 6.04 Å². The maximum absolute atomic E-state index is 13.4. The van der Waals surface area contributed by atoms with E-state index in [1.165, 1.54) is 42.7 Å². The van der Waals surface area contributed by atoms with Crippen LogP contribution in [0.4, 0.5) is 4.39 Å². The third kappa shape index (κ3) is 6.73. The molecule has 4 aromatic rings. The van der Waals surface area contributed by atoms with Gasteiger partial charge in [-0.3, -0.25) is 4.79 Å². The quantitative estimate of drug-likeness (QED) is 0.232. The van der Waals surface area contributed by atoms with E-state index < -0.39 is 23.7 Å². The van der Waals surface area contributed by atoms with E-state index >= 15 is 0 Å². The van der Waals surface area contributed by atoms with Gasteiger partial charge in [0.25, 0.3) is 5.91 Å². The highest BCUT2D eigenvalue weighted by molar-refractivity contribution is 5.99. The zero-order valence-corrected chi connectivity index (χ0v) is 23.6. The van der Waals surface area contributed by atoms with Gasteiger partial charge < -0.3 is 15.2 Å². The number of aliphatic carboxylic acids is 1. The number of nitrogens with one attached hydrogen (secondary N) is 1. The summed E-state index contributed by atoms with van der Waals surface area (Å²) in [5.74, 6) is -0.439. The van der Waals surface area contributed by atoms with E-state index in [1.54, 1.807) is 6.07 Å². The van der Waals surface area contributed by atoms with E-state index in [0.29, 0.717) is 11.7 Å². The molecule has 5 rings (SSSR count). The van der Waals surface area contributed by atoms with Crippen LogP contribution in [0.3, 0.4) is 0 Å². The molecule has 1 amide bonds. The summed E-state index contributed by atoms with van der Waals surface area (Å²) in [6, 6.07) is 19.2. The summed E-state index contributed by atoms with van der Waals surface area (Å²) >= 11 is 0. The predicted octanol–water partition coefficient (Wildman–Crippen LogP) is 7.75. The topological polar surface area (TPSA) is 88.5 Å². The maximum Gasteiger partial charge on any atom is 0.330 e. The van der Waals surface area contributed by atoms with Crippen LogP contribution in [0.15, 0.2) is 72.8 Å². The lowest BCUT2D eigenvalue weighted by Gasteiger charge is -2.19. The van der Waals surface area contributed by atoms with Gasteiger partial charge in [-0.1, -0.05) is 76.8 Å².